The number of carbonyl (C=O) groups excluding carboxylic acids is 3. The second-order valence-electron chi connectivity index (χ2n) is 7.53. The predicted molar refractivity (Wildman–Crippen MR) is 135 cm³/mol. The van der Waals surface area contributed by atoms with Gasteiger partial charge in [0.25, 0.3) is 11.1 Å². The largest absolute Gasteiger partial charge is 0.493 e. The third-order valence-corrected chi connectivity index (χ3v) is 6.82. The summed E-state index contributed by atoms with van der Waals surface area (Å²) in [7, 11) is 1.48. The van der Waals surface area contributed by atoms with Gasteiger partial charge in [-0.1, -0.05) is 57.9 Å². The van der Waals surface area contributed by atoms with E-state index in [0.29, 0.717) is 16.9 Å². The lowest BCUT2D eigenvalue weighted by Crippen LogP contribution is -2.27. The molecule has 4 rings (SSSR count). The third kappa shape index (κ3) is 5.24. The summed E-state index contributed by atoms with van der Waals surface area (Å²) in [6, 6.07) is 19.5. The molecule has 34 heavy (non-hydrogen) atoms. The summed E-state index contributed by atoms with van der Waals surface area (Å²) in [5, 5.41) is -0.341. The normalized spacial score (nSPS) is 14.6. The molecular formula is C26H20BrNO5S. The molecule has 3 aromatic rings. The molecule has 1 saturated heterocycles. The van der Waals surface area contributed by atoms with Crippen molar-refractivity contribution < 1.29 is 23.9 Å². The Morgan fingerprint density at radius 3 is 2.47 bits per heavy atom. The highest BCUT2D eigenvalue weighted by Crippen LogP contribution is 2.36. The number of thioether (sulfide) groups is 1. The van der Waals surface area contributed by atoms with Crippen LogP contribution in [0.4, 0.5) is 4.79 Å². The Labute approximate surface area is 209 Å². The van der Waals surface area contributed by atoms with Crippen molar-refractivity contribution in [2.45, 2.75) is 13.5 Å². The molecule has 0 aliphatic carbocycles. The van der Waals surface area contributed by atoms with E-state index < -0.39 is 5.97 Å². The van der Waals surface area contributed by atoms with E-state index in [-0.39, 0.29) is 28.3 Å². The highest BCUT2D eigenvalue weighted by Gasteiger charge is 2.35. The minimum Gasteiger partial charge on any atom is -0.493 e. The number of amides is 2. The molecule has 8 heteroatoms. The van der Waals surface area contributed by atoms with Crippen LogP contribution in [0.5, 0.6) is 11.5 Å². The average molecular weight is 538 g/mol. The van der Waals surface area contributed by atoms with Crippen molar-refractivity contribution in [3.8, 4) is 11.5 Å². The molecule has 3 aromatic carbocycles. The van der Waals surface area contributed by atoms with Gasteiger partial charge in [0, 0.05) is 4.47 Å². The summed E-state index contributed by atoms with van der Waals surface area (Å²) in [6.07, 6.45) is 1.60. The van der Waals surface area contributed by atoms with Crippen molar-refractivity contribution in [2.24, 2.45) is 0 Å². The van der Waals surface area contributed by atoms with Crippen LogP contribution in [0.25, 0.3) is 6.08 Å². The van der Waals surface area contributed by atoms with Gasteiger partial charge in [0.15, 0.2) is 11.5 Å². The molecule has 1 aliphatic rings. The van der Waals surface area contributed by atoms with Gasteiger partial charge >= 0.3 is 5.97 Å². The van der Waals surface area contributed by atoms with Crippen LogP contribution in [0.3, 0.4) is 0 Å². The monoisotopic (exact) mass is 537 g/mol. The zero-order valence-corrected chi connectivity index (χ0v) is 20.8. The lowest BCUT2D eigenvalue weighted by atomic mass is 10.1. The quantitative estimate of drug-likeness (QED) is 0.211. The fourth-order valence-electron chi connectivity index (χ4n) is 3.30. The number of nitrogens with zero attached hydrogens (tertiary/aromatic N) is 1. The number of halogens is 1. The Balaban J connectivity index is 1.56. The van der Waals surface area contributed by atoms with Crippen LogP contribution in [0.1, 0.15) is 27.0 Å². The molecule has 1 fully saturated rings. The summed E-state index contributed by atoms with van der Waals surface area (Å²) in [5.74, 6) is -0.308. The Bertz CT molecular complexity index is 1300. The molecule has 2 amide bonds. The van der Waals surface area contributed by atoms with Gasteiger partial charge in [-0.2, -0.15) is 0 Å². The molecule has 0 N–H and O–H groups in total. The number of rotatable bonds is 6. The van der Waals surface area contributed by atoms with Crippen LogP contribution in [-0.4, -0.2) is 29.1 Å². The number of imide groups is 1. The van der Waals surface area contributed by atoms with Crippen molar-refractivity contribution in [1.82, 2.24) is 4.90 Å². The molecule has 0 atom stereocenters. The first-order chi connectivity index (χ1) is 16.4. The lowest BCUT2D eigenvalue weighted by molar-refractivity contribution is -0.123. The van der Waals surface area contributed by atoms with Crippen LogP contribution in [0, 0.1) is 6.92 Å². The van der Waals surface area contributed by atoms with E-state index in [1.807, 2.05) is 43.3 Å². The molecule has 0 bridgehead atoms. The first kappa shape index (κ1) is 23.8. The number of methoxy groups -OCH3 is 1. The number of esters is 1. The van der Waals surface area contributed by atoms with Gasteiger partial charge in [-0.3, -0.25) is 14.5 Å². The summed E-state index contributed by atoms with van der Waals surface area (Å²) in [6.45, 7) is 2.10. The maximum absolute atomic E-state index is 12.9. The highest BCUT2D eigenvalue weighted by molar-refractivity contribution is 9.10. The van der Waals surface area contributed by atoms with Crippen molar-refractivity contribution in [3.63, 3.8) is 0 Å². The molecule has 0 saturated carbocycles. The van der Waals surface area contributed by atoms with Crippen molar-refractivity contribution in [2.75, 3.05) is 7.11 Å². The second-order valence-corrected chi connectivity index (χ2v) is 9.37. The number of ether oxygens (including phenoxy) is 2. The zero-order valence-electron chi connectivity index (χ0n) is 18.4. The second kappa shape index (κ2) is 10.3. The van der Waals surface area contributed by atoms with Gasteiger partial charge < -0.3 is 9.47 Å². The number of carbonyl (C=O) groups is 3. The first-order valence-corrected chi connectivity index (χ1v) is 11.9. The van der Waals surface area contributed by atoms with Gasteiger partial charge in [-0.15, -0.1) is 0 Å². The fraction of sp³-hybridized carbons (Fsp3) is 0.115. The predicted octanol–water partition coefficient (Wildman–Crippen LogP) is 6.22. The summed E-state index contributed by atoms with van der Waals surface area (Å²) >= 11 is 4.32. The van der Waals surface area contributed by atoms with Crippen molar-refractivity contribution >= 4 is 50.9 Å². The standard InChI is InChI=1S/C26H20BrNO5S/c1-16-7-10-18(11-8-16)25(30)33-22-13-17(9-12-21(22)32-2)14-23-24(29)28(26(31)34-23)15-19-5-3-4-6-20(19)27/h3-14H,15H2,1-2H3/b23-14-. The Morgan fingerprint density at radius 2 is 1.76 bits per heavy atom. The minimum atomic E-state index is -0.524. The van der Waals surface area contributed by atoms with E-state index in [1.54, 1.807) is 36.4 Å². The summed E-state index contributed by atoms with van der Waals surface area (Å²) < 4.78 is 11.7. The Kier molecular flexibility index (Phi) is 7.19. The topological polar surface area (TPSA) is 72.9 Å². The molecular weight excluding hydrogens is 518 g/mol. The molecule has 0 radical (unpaired) electrons. The summed E-state index contributed by atoms with van der Waals surface area (Å²) in [5.41, 5.74) is 2.87. The molecule has 6 nitrogen and oxygen atoms in total. The molecule has 0 spiro atoms. The van der Waals surface area contributed by atoms with Crippen LogP contribution >= 0.6 is 27.7 Å². The minimum absolute atomic E-state index is 0.172. The maximum Gasteiger partial charge on any atom is 0.343 e. The summed E-state index contributed by atoms with van der Waals surface area (Å²) in [4.78, 5) is 39.5. The third-order valence-electron chi connectivity index (χ3n) is 5.14. The number of benzene rings is 3. The number of hydrogen-bond acceptors (Lipinski definition) is 6. The number of aryl methyl sites for hydroxylation is 1. The van der Waals surface area contributed by atoms with Crippen LogP contribution < -0.4 is 9.47 Å². The molecule has 172 valence electrons. The Morgan fingerprint density at radius 1 is 1.03 bits per heavy atom. The van der Waals surface area contributed by atoms with Crippen LogP contribution in [0.15, 0.2) is 76.1 Å². The van der Waals surface area contributed by atoms with Crippen molar-refractivity contribution in [3.05, 3.63) is 98.4 Å². The molecule has 0 aromatic heterocycles. The highest BCUT2D eigenvalue weighted by atomic mass is 79.9. The van der Waals surface area contributed by atoms with E-state index in [4.69, 9.17) is 9.47 Å². The molecule has 1 aliphatic heterocycles. The van der Waals surface area contributed by atoms with E-state index in [2.05, 4.69) is 15.9 Å². The van der Waals surface area contributed by atoms with E-state index >= 15 is 0 Å². The smallest absolute Gasteiger partial charge is 0.343 e. The van der Waals surface area contributed by atoms with Crippen molar-refractivity contribution in [1.29, 1.82) is 0 Å². The molecule has 1 heterocycles. The zero-order chi connectivity index (χ0) is 24.2. The Hall–Kier alpha value is -3.36. The fourth-order valence-corrected chi connectivity index (χ4v) is 4.54. The SMILES string of the molecule is COc1ccc(/C=C2\SC(=O)N(Cc3ccccc3Br)C2=O)cc1OC(=O)c1ccc(C)cc1. The van der Waals surface area contributed by atoms with Gasteiger partial charge in [0.05, 0.1) is 24.1 Å². The maximum atomic E-state index is 12.9. The number of hydrogen-bond donors (Lipinski definition) is 0. The molecule has 0 unspecified atom stereocenters. The van der Waals surface area contributed by atoms with E-state index in [0.717, 1.165) is 27.4 Å². The van der Waals surface area contributed by atoms with E-state index in [1.165, 1.54) is 12.0 Å². The average Bonchev–Trinajstić information content (AvgIpc) is 3.08. The van der Waals surface area contributed by atoms with Crippen LogP contribution in [-0.2, 0) is 11.3 Å². The van der Waals surface area contributed by atoms with Gasteiger partial charge in [-0.25, -0.2) is 4.79 Å². The van der Waals surface area contributed by atoms with Gasteiger partial charge in [-0.05, 0) is 66.2 Å². The lowest BCUT2D eigenvalue weighted by Gasteiger charge is -2.13. The van der Waals surface area contributed by atoms with E-state index in [9.17, 15) is 14.4 Å². The first-order valence-electron chi connectivity index (χ1n) is 10.3. The van der Waals surface area contributed by atoms with Gasteiger partial charge in [0.1, 0.15) is 0 Å². The van der Waals surface area contributed by atoms with Crippen LogP contribution in [0.2, 0.25) is 0 Å². The van der Waals surface area contributed by atoms with Gasteiger partial charge in [0.2, 0.25) is 0 Å².